The lowest BCUT2D eigenvalue weighted by Crippen LogP contribution is -2.23. The molecule has 2 fully saturated rings. The number of hydrogen-bond acceptors (Lipinski definition) is 1. The number of fused-ring (bicyclic) bond motifs is 1. The second kappa shape index (κ2) is 11.6. The summed E-state index contributed by atoms with van der Waals surface area (Å²) in [6.45, 7) is 2.28. The van der Waals surface area contributed by atoms with Gasteiger partial charge in [-0.25, -0.2) is 13.2 Å². The minimum absolute atomic E-state index is 0.000613. The van der Waals surface area contributed by atoms with Gasteiger partial charge in [0.1, 0.15) is 5.82 Å². The second-order valence-electron chi connectivity index (χ2n) is 12.1. The predicted molar refractivity (Wildman–Crippen MR) is 142 cm³/mol. The molecule has 0 radical (unpaired) electrons. The van der Waals surface area contributed by atoms with Crippen molar-refractivity contribution in [2.75, 3.05) is 0 Å². The van der Waals surface area contributed by atoms with Gasteiger partial charge >= 0.3 is 0 Å². The Labute approximate surface area is 220 Å². The third-order valence-electron chi connectivity index (χ3n) is 10.0. The van der Waals surface area contributed by atoms with Crippen molar-refractivity contribution in [1.29, 1.82) is 5.26 Å². The van der Waals surface area contributed by atoms with Crippen LogP contribution in [0.1, 0.15) is 124 Å². The molecule has 2 saturated carbocycles. The van der Waals surface area contributed by atoms with Crippen molar-refractivity contribution in [3.05, 3.63) is 69.5 Å². The maximum absolute atomic E-state index is 15.7. The first kappa shape index (κ1) is 26.3. The van der Waals surface area contributed by atoms with E-state index in [4.69, 9.17) is 5.26 Å². The lowest BCUT2D eigenvalue weighted by atomic mass is 9.73. The van der Waals surface area contributed by atoms with E-state index >= 15 is 13.2 Å². The van der Waals surface area contributed by atoms with E-state index in [0.29, 0.717) is 54.2 Å². The molecule has 2 aromatic rings. The Morgan fingerprint density at radius 2 is 1.32 bits per heavy atom. The Morgan fingerprint density at radius 3 is 1.97 bits per heavy atom. The normalized spacial score (nSPS) is 27.9. The number of benzene rings is 2. The molecule has 0 amide bonds. The molecule has 0 N–H and O–H groups in total. The summed E-state index contributed by atoms with van der Waals surface area (Å²) in [5.74, 6) is -0.154. The minimum atomic E-state index is -0.934. The Bertz CT molecular complexity index is 1120. The Hall–Kier alpha value is -2.28. The molecule has 5 rings (SSSR count). The molecule has 198 valence electrons. The maximum atomic E-state index is 15.7. The molecule has 4 heteroatoms. The van der Waals surface area contributed by atoms with Gasteiger partial charge in [-0.2, -0.15) is 5.26 Å². The fourth-order valence-electron chi connectivity index (χ4n) is 7.54. The van der Waals surface area contributed by atoms with Gasteiger partial charge in [0.05, 0.1) is 11.6 Å². The van der Waals surface area contributed by atoms with Gasteiger partial charge in [0.2, 0.25) is 0 Å². The average Bonchev–Trinajstić information content (AvgIpc) is 2.95. The highest BCUT2D eigenvalue weighted by molar-refractivity contribution is 5.41. The van der Waals surface area contributed by atoms with Crippen molar-refractivity contribution in [2.24, 2.45) is 17.8 Å². The molecule has 0 aliphatic heterocycles. The summed E-state index contributed by atoms with van der Waals surface area (Å²) < 4.78 is 46.5. The van der Waals surface area contributed by atoms with Gasteiger partial charge < -0.3 is 0 Å². The summed E-state index contributed by atoms with van der Waals surface area (Å²) in [6, 6.07) is 9.75. The van der Waals surface area contributed by atoms with Gasteiger partial charge in [-0.15, -0.1) is 0 Å². The van der Waals surface area contributed by atoms with Crippen LogP contribution in [0.15, 0.2) is 24.3 Å². The lowest BCUT2D eigenvalue weighted by Gasteiger charge is -2.33. The van der Waals surface area contributed by atoms with E-state index in [1.165, 1.54) is 44.1 Å². The van der Waals surface area contributed by atoms with E-state index in [1.807, 2.05) is 24.3 Å². The molecule has 1 unspecified atom stereocenters. The van der Waals surface area contributed by atoms with E-state index < -0.39 is 17.5 Å². The molecule has 0 aromatic heterocycles. The maximum Gasteiger partial charge on any atom is 0.165 e. The first-order chi connectivity index (χ1) is 18.0. The molecule has 2 aromatic carbocycles. The molecule has 1 atom stereocenters. The Kier molecular flexibility index (Phi) is 8.28. The van der Waals surface area contributed by atoms with Crippen LogP contribution in [0.2, 0.25) is 0 Å². The third-order valence-corrected chi connectivity index (χ3v) is 10.0. The Morgan fingerprint density at radius 1 is 0.703 bits per heavy atom. The van der Waals surface area contributed by atoms with Crippen molar-refractivity contribution in [2.45, 2.75) is 109 Å². The monoisotopic (exact) mass is 507 g/mol. The molecular weight excluding hydrogens is 467 g/mol. The highest BCUT2D eigenvalue weighted by atomic mass is 19.2. The number of rotatable bonds is 6. The largest absolute Gasteiger partial charge is 0.206 e. The molecule has 0 saturated heterocycles. The first-order valence-electron chi connectivity index (χ1n) is 14.7. The van der Waals surface area contributed by atoms with Gasteiger partial charge in [0.15, 0.2) is 11.6 Å². The van der Waals surface area contributed by atoms with Crippen LogP contribution in [-0.2, 0) is 12.8 Å². The van der Waals surface area contributed by atoms with Gasteiger partial charge in [-0.05, 0) is 110 Å². The van der Waals surface area contributed by atoms with E-state index in [0.717, 1.165) is 37.5 Å². The van der Waals surface area contributed by atoms with Crippen molar-refractivity contribution in [3.8, 4) is 6.07 Å². The van der Waals surface area contributed by atoms with Gasteiger partial charge in [-0.3, -0.25) is 0 Å². The van der Waals surface area contributed by atoms with Crippen molar-refractivity contribution < 1.29 is 13.2 Å². The van der Waals surface area contributed by atoms with Gasteiger partial charge in [0.25, 0.3) is 0 Å². The molecule has 3 aliphatic carbocycles. The molecule has 3 aliphatic rings. The van der Waals surface area contributed by atoms with Crippen LogP contribution in [0, 0.1) is 46.5 Å². The number of nitrogens with zero attached hydrogens (tertiary/aromatic N) is 1. The lowest BCUT2D eigenvalue weighted by molar-refractivity contribution is 0.240. The zero-order valence-electron chi connectivity index (χ0n) is 22.2. The van der Waals surface area contributed by atoms with E-state index in [2.05, 4.69) is 13.0 Å². The summed E-state index contributed by atoms with van der Waals surface area (Å²) in [4.78, 5) is 0. The van der Waals surface area contributed by atoms with Crippen molar-refractivity contribution in [1.82, 2.24) is 0 Å². The van der Waals surface area contributed by atoms with Crippen molar-refractivity contribution >= 4 is 0 Å². The van der Waals surface area contributed by atoms with Gasteiger partial charge in [0, 0.05) is 5.56 Å². The molecular formula is C33H40F3N. The molecule has 0 spiro atoms. The summed E-state index contributed by atoms with van der Waals surface area (Å²) >= 11 is 0. The molecule has 1 nitrogen and oxygen atoms in total. The van der Waals surface area contributed by atoms with E-state index in [1.54, 1.807) is 0 Å². The SMILES string of the molecule is CCC1CCC(CCC2CCc3c(F)c(C4CCC(c5ccc(C#N)cc5)CC4)c(F)c(F)c3C2)CC1. The zero-order valence-corrected chi connectivity index (χ0v) is 22.2. The number of halogens is 3. The summed E-state index contributed by atoms with van der Waals surface area (Å²) in [6.07, 6.45) is 13.6. The van der Waals surface area contributed by atoms with Crippen LogP contribution in [0.4, 0.5) is 13.2 Å². The molecule has 37 heavy (non-hydrogen) atoms. The van der Waals surface area contributed by atoms with E-state index in [9.17, 15) is 0 Å². The van der Waals surface area contributed by atoms with Crippen LogP contribution >= 0.6 is 0 Å². The Balaban J connectivity index is 1.23. The van der Waals surface area contributed by atoms with Crippen LogP contribution in [0.3, 0.4) is 0 Å². The molecule has 0 heterocycles. The average molecular weight is 508 g/mol. The van der Waals surface area contributed by atoms with Crippen LogP contribution < -0.4 is 0 Å². The topological polar surface area (TPSA) is 23.8 Å². The van der Waals surface area contributed by atoms with E-state index in [-0.39, 0.29) is 11.5 Å². The van der Waals surface area contributed by atoms with Crippen LogP contribution in [0.5, 0.6) is 0 Å². The fourth-order valence-corrected chi connectivity index (χ4v) is 7.54. The highest BCUT2D eigenvalue weighted by Crippen LogP contribution is 2.45. The summed E-state index contributed by atoms with van der Waals surface area (Å²) in [7, 11) is 0. The van der Waals surface area contributed by atoms with Crippen LogP contribution in [0.25, 0.3) is 0 Å². The quantitative estimate of drug-likeness (QED) is 0.357. The number of hydrogen-bond donors (Lipinski definition) is 0. The summed E-state index contributed by atoms with van der Waals surface area (Å²) in [5.41, 5.74) is 2.56. The third kappa shape index (κ3) is 5.62. The first-order valence-corrected chi connectivity index (χ1v) is 14.7. The van der Waals surface area contributed by atoms with Crippen molar-refractivity contribution in [3.63, 3.8) is 0 Å². The minimum Gasteiger partial charge on any atom is -0.206 e. The number of nitriles is 1. The fraction of sp³-hybridized carbons (Fsp3) is 0.606. The molecule has 0 bridgehead atoms. The zero-order chi connectivity index (χ0) is 25.9. The summed E-state index contributed by atoms with van der Waals surface area (Å²) in [5, 5.41) is 9.02. The second-order valence-corrected chi connectivity index (χ2v) is 12.1. The smallest absolute Gasteiger partial charge is 0.165 e. The highest BCUT2D eigenvalue weighted by Gasteiger charge is 2.34. The predicted octanol–water partition coefficient (Wildman–Crippen LogP) is 9.52. The van der Waals surface area contributed by atoms with Crippen LogP contribution in [-0.4, -0.2) is 0 Å². The standard InChI is InChI=1S/C33H40F3N/c1-2-21-3-5-22(6-4-21)7-8-23-11-18-28-29(19-23)32(35)33(36)30(31(28)34)27-16-14-26(15-17-27)25-12-9-24(20-37)10-13-25/h9-10,12-13,21-23,26-27H,2-8,11,14-19H2,1H3. The van der Waals surface area contributed by atoms with Gasteiger partial charge in [-0.1, -0.05) is 57.6 Å².